The minimum absolute atomic E-state index is 0.243. The van der Waals surface area contributed by atoms with Crippen molar-refractivity contribution in [2.45, 2.75) is 18.9 Å². The van der Waals surface area contributed by atoms with E-state index in [1.807, 2.05) is 0 Å². The Balaban J connectivity index is 2.20. The summed E-state index contributed by atoms with van der Waals surface area (Å²) >= 11 is 0. The van der Waals surface area contributed by atoms with Crippen LogP contribution >= 0.6 is 0 Å². The Morgan fingerprint density at radius 1 is 1.41 bits per heavy atom. The molecule has 0 saturated carbocycles. The number of ether oxygens (including phenoxy) is 1. The highest BCUT2D eigenvalue weighted by Crippen LogP contribution is 2.31. The van der Waals surface area contributed by atoms with Gasteiger partial charge in [0.1, 0.15) is 0 Å². The smallest absolute Gasteiger partial charge is 0.169 e. The molecule has 1 aliphatic rings. The SMILES string of the molecule is COc1cccc([C@H](N)C2CCNCC2)c1F. The van der Waals surface area contributed by atoms with Crippen LogP contribution in [0.2, 0.25) is 0 Å². The monoisotopic (exact) mass is 238 g/mol. The van der Waals surface area contributed by atoms with Gasteiger partial charge in [-0.2, -0.15) is 0 Å². The van der Waals surface area contributed by atoms with Gasteiger partial charge in [-0.15, -0.1) is 0 Å². The molecule has 17 heavy (non-hydrogen) atoms. The van der Waals surface area contributed by atoms with E-state index in [0.717, 1.165) is 25.9 Å². The normalized spacial score (nSPS) is 19.0. The van der Waals surface area contributed by atoms with Gasteiger partial charge in [0, 0.05) is 11.6 Å². The van der Waals surface area contributed by atoms with Crippen LogP contribution in [-0.4, -0.2) is 20.2 Å². The Hall–Kier alpha value is -1.13. The highest BCUT2D eigenvalue weighted by Gasteiger charge is 2.24. The van der Waals surface area contributed by atoms with Crippen LogP contribution in [0.5, 0.6) is 5.75 Å². The molecule has 1 aliphatic heterocycles. The number of rotatable bonds is 3. The lowest BCUT2D eigenvalue weighted by Crippen LogP contribution is -2.34. The van der Waals surface area contributed by atoms with Crippen LogP contribution in [0.15, 0.2) is 18.2 Å². The van der Waals surface area contributed by atoms with Crippen molar-refractivity contribution < 1.29 is 9.13 Å². The molecule has 0 amide bonds. The van der Waals surface area contributed by atoms with Crippen molar-refractivity contribution in [2.24, 2.45) is 11.7 Å². The van der Waals surface area contributed by atoms with E-state index in [-0.39, 0.29) is 17.6 Å². The second-order valence-electron chi connectivity index (χ2n) is 4.48. The Morgan fingerprint density at radius 2 is 2.12 bits per heavy atom. The summed E-state index contributed by atoms with van der Waals surface area (Å²) in [6.45, 7) is 1.92. The van der Waals surface area contributed by atoms with Gasteiger partial charge in [0.2, 0.25) is 0 Å². The zero-order valence-electron chi connectivity index (χ0n) is 10.1. The average molecular weight is 238 g/mol. The van der Waals surface area contributed by atoms with Crippen LogP contribution in [0.3, 0.4) is 0 Å². The van der Waals surface area contributed by atoms with Crippen molar-refractivity contribution in [1.29, 1.82) is 0 Å². The van der Waals surface area contributed by atoms with Gasteiger partial charge in [0.05, 0.1) is 7.11 Å². The van der Waals surface area contributed by atoms with Crippen LogP contribution in [0.4, 0.5) is 4.39 Å². The number of nitrogens with one attached hydrogen (secondary N) is 1. The van der Waals surface area contributed by atoms with E-state index >= 15 is 0 Å². The first kappa shape index (κ1) is 12.3. The minimum Gasteiger partial charge on any atom is -0.494 e. The van der Waals surface area contributed by atoms with Crippen molar-refractivity contribution in [3.05, 3.63) is 29.6 Å². The van der Waals surface area contributed by atoms with Gasteiger partial charge in [-0.05, 0) is 37.9 Å². The van der Waals surface area contributed by atoms with E-state index in [9.17, 15) is 4.39 Å². The number of nitrogens with two attached hydrogens (primary N) is 1. The van der Waals surface area contributed by atoms with E-state index in [0.29, 0.717) is 11.5 Å². The molecule has 1 aromatic rings. The molecule has 1 heterocycles. The Kier molecular flexibility index (Phi) is 3.97. The molecule has 3 N–H and O–H groups in total. The molecule has 0 radical (unpaired) electrons. The summed E-state index contributed by atoms with van der Waals surface area (Å²) in [6.07, 6.45) is 2.00. The highest BCUT2D eigenvalue weighted by atomic mass is 19.1. The van der Waals surface area contributed by atoms with Crippen LogP contribution in [-0.2, 0) is 0 Å². The van der Waals surface area contributed by atoms with E-state index in [4.69, 9.17) is 10.5 Å². The van der Waals surface area contributed by atoms with Crippen molar-refractivity contribution in [1.82, 2.24) is 5.32 Å². The average Bonchev–Trinajstić information content (AvgIpc) is 2.39. The molecule has 4 heteroatoms. The van der Waals surface area contributed by atoms with E-state index < -0.39 is 0 Å². The lowest BCUT2D eigenvalue weighted by Gasteiger charge is -2.28. The first-order valence-corrected chi connectivity index (χ1v) is 6.02. The summed E-state index contributed by atoms with van der Waals surface area (Å²) in [6, 6.07) is 4.92. The summed E-state index contributed by atoms with van der Waals surface area (Å²) in [5.74, 6) is 0.297. The molecule has 1 atom stereocenters. The fourth-order valence-electron chi connectivity index (χ4n) is 2.40. The Labute approximate surface area is 101 Å². The summed E-state index contributed by atoms with van der Waals surface area (Å²) < 4.78 is 19.0. The molecule has 0 aliphatic carbocycles. The number of methoxy groups -OCH3 is 1. The fraction of sp³-hybridized carbons (Fsp3) is 0.538. The van der Waals surface area contributed by atoms with Gasteiger partial charge in [-0.1, -0.05) is 12.1 Å². The first-order chi connectivity index (χ1) is 8.24. The third-order valence-corrected chi connectivity index (χ3v) is 3.46. The van der Waals surface area contributed by atoms with Gasteiger partial charge in [0.25, 0.3) is 0 Å². The van der Waals surface area contributed by atoms with Crippen LogP contribution < -0.4 is 15.8 Å². The molecule has 0 unspecified atom stereocenters. The fourth-order valence-corrected chi connectivity index (χ4v) is 2.40. The molecular weight excluding hydrogens is 219 g/mol. The van der Waals surface area contributed by atoms with Crippen molar-refractivity contribution in [3.63, 3.8) is 0 Å². The summed E-state index contributed by atoms with van der Waals surface area (Å²) in [7, 11) is 1.47. The zero-order chi connectivity index (χ0) is 12.3. The molecule has 0 spiro atoms. The van der Waals surface area contributed by atoms with Crippen molar-refractivity contribution in [2.75, 3.05) is 20.2 Å². The predicted molar refractivity (Wildman–Crippen MR) is 65.5 cm³/mol. The van der Waals surface area contributed by atoms with Crippen molar-refractivity contribution >= 4 is 0 Å². The lowest BCUT2D eigenvalue weighted by atomic mass is 9.86. The molecule has 3 nitrogen and oxygen atoms in total. The largest absolute Gasteiger partial charge is 0.494 e. The summed E-state index contributed by atoms with van der Waals surface area (Å²) in [4.78, 5) is 0. The zero-order valence-corrected chi connectivity index (χ0v) is 10.1. The highest BCUT2D eigenvalue weighted by molar-refractivity contribution is 5.33. The second-order valence-corrected chi connectivity index (χ2v) is 4.48. The summed E-state index contributed by atoms with van der Waals surface area (Å²) in [5, 5.41) is 3.28. The maximum absolute atomic E-state index is 14.1. The maximum Gasteiger partial charge on any atom is 0.169 e. The van der Waals surface area contributed by atoms with Gasteiger partial charge in [-0.3, -0.25) is 0 Å². The Bertz CT molecular complexity index is 378. The molecule has 1 saturated heterocycles. The molecule has 0 bridgehead atoms. The van der Waals surface area contributed by atoms with Crippen LogP contribution in [0.25, 0.3) is 0 Å². The van der Waals surface area contributed by atoms with E-state index in [1.165, 1.54) is 7.11 Å². The number of hydrogen-bond acceptors (Lipinski definition) is 3. The first-order valence-electron chi connectivity index (χ1n) is 6.02. The lowest BCUT2D eigenvalue weighted by molar-refractivity contribution is 0.313. The number of hydrogen-bond donors (Lipinski definition) is 2. The van der Waals surface area contributed by atoms with Crippen LogP contribution in [0, 0.1) is 11.7 Å². The summed E-state index contributed by atoms with van der Waals surface area (Å²) in [5.41, 5.74) is 6.74. The standard InChI is InChI=1S/C13H19FN2O/c1-17-11-4-2-3-10(12(11)14)13(15)9-5-7-16-8-6-9/h2-4,9,13,16H,5-8,15H2,1H3/t13-/m1/s1. The van der Waals surface area contributed by atoms with E-state index in [1.54, 1.807) is 18.2 Å². The third-order valence-electron chi connectivity index (χ3n) is 3.46. The molecular formula is C13H19FN2O. The molecule has 0 aromatic heterocycles. The third kappa shape index (κ3) is 2.58. The molecule has 1 fully saturated rings. The minimum atomic E-state index is -0.318. The number of halogens is 1. The predicted octanol–water partition coefficient (Wildman–Crippen LogP) is 1.83. The number of benzene rings is 1. The molecule has 1 aromatic carbocycles. The quantitative estimate of drug-likeness (QED) is 0.844. The second kappa shape index (κ2) is 5.47. The topological polar surface area (TPSA) is 47.3 Å². The molecule has 94 valence electrons. The van der Waals surface area contributed by atoms with E-state index in [2.05, 4.69) is 5.32 Å². The molecule has 2 rings (SSSR count). The van der Waals surface area contributed by atoms with Crippen molar-refractivity contribution in [3.8, 4) is 5.75 Å². The van der Waals surface area contributed by atoms with Gasteiger partial charge < -0.3 is 15.8 Å². The van der Waals surface area contributed by atoms with Gasteiger partial charge >= 0.3 is 0 Å². The van der Waals surface area contributed by atoms with Gasteiger partial charge in [0.15, 0.2) is 11.6 Å². The maximum atomic E-state index is 14.1. The number of piperidine rings is 1. The van der Waals surface area contributed by atoms with Gasteiger partial charge in [-0.25, -0.2) is 4.39 Å². The van der Waals surface area contributed by atoms with Crippen LogP contribution in [0.1, 0.15) is 24.4 Å². The Morgan fingerprint density at radius 3 is 2.76 bits per heavy atom.